The summed E-state index contributed by atoms with van der Waals surface area (Å²) >= 11 is 0. The average molecular weight is 169 g/mol. The van der Waals surface area contributed by atoms with E-state index in [0.29, 0.717) is 0 Å². The Kier molecular flexibility index (Phi) is 7.03. The molecule has 0 spiro atoms. The molecule has 0 heterocycles. The highest BCUT2D eigenvalue weighted by molar-refractivity contribution is 5.80. The van der Waals surface area contributed by atoms with Crippen molar-refractivity contribution in [1.82, 2.24) is 5.32 Å². The molecule has 0 amide bonds. The van der Waals surface area contributed by atoms with Crippen molar-refractivity contribution in [2.24, 2.45) is 0 Å². The standard InChI is InChI=1S/C9H15NO2/c1-2-3-7-10-8-5-4-6-9(11)12/h4-6,8,10H,2-3,7H2,1H3,(H,11,12). The first-order chi connectivity index (χ1) is 5.77. The summed E-state index contributed by atoms with van der Waals surface area (Å²) in [5, 5.41) is 11.2. The molecular weight excluding hydrogens is 154 g/mol. The lowest BCUT2D eigenvalue weighted by atomic mass is 10.3. The zero-order valence-corrected chi connectivity index (χ0v) is 7.29. The van der Waals surface area contributed by atoms with Crippen molar-refractivity contribution in [3.63, 3.8) is 0 Å². The monoisotopic (exact) mass is 169 g/mol. The summed E-state index contributed by atoms with van der Waals surface area (Å²) in [4.78, 5) is 9.99. The Bertz CT molecular complexity index is 173. The third kappa shape index (κ3) is 8.75. The van der Waals surface area contributed by atoms with E-state index in [1.54, 1.807) is 12.3 Å². The lowest BCUT2D eigenvalue weighted by Gasteiger charge is -1.94. The predicted molar refractivity (Wildman–Crippen MR) is 48.8 cm³/mol. The number of carbonyl (C=O) groups is 1. The Morgan fingerprint density at radius 1 is 1.50 bits per heavy atom. The minimum Gasteiger partial charge on any atom is -0.478 e. The van der Waals surface area contributed by atoms with Gasteiger partial charge in [0.05, 0.1) is 0 Å². The van der Waals surface area contributed by atoms with Crippen LogP contribution in [0, 0.1) is 0 Å². The van der Waals surface area contributed by atoms with Gasteiger partial charge in [-0.1, -0.05) is 19.4 Å². The Hall–Kier alpha value is -1.25. The number of hydrogen-bond donors (Lipinski definition) is 2. The fourth-order valence-electron chi connectivity index (χ4n) is 0.624. The van der Waals surface area contributed by atoms with Gasteiger partial charge in [0.15, 0.2) is 0 Å². The van der Waals surface area contributed by atoms with Crippen molar-refractivity contribution in [3.8, 4) is 0 Å². The Labute approximate surface area is 72.8 Å². The van der Waals surface area contributed by atoms with Gasteiger partial charge in [0.1, 0.15) is 0 Å². The van der Waals surface area contributed by atoms with Crippen LogP contribution in [0.4, 0.5) is 0 Å². The van der Waals surface area contributed by atoms with Gasteiger partial charge in [-0.15, -0.1) is 0 Å². The van der Waals surface area contributed by atoms with Gasteiger partial charge in [0.2, 0.25) is 0 Å². The summed E-state index contributed by atoms with van der Waals surface area (Å²) in [7, 11) is 0. The maximum absolute atomic E-state index is 9.99. The predicted octanol–water partition coefficient (Wildman–Crippen LogP) is 1.53. The summed E-state index contributed by atoms with van der Waals surface area (Å²) in [6.07, 6.45) is 8.29. The fraction of sp³-hybridized carbons (Fsp3) is 0.444. The highest BCUT2D eigenvalue weighted by atomic mass is 16.4. The number of allylic oxidation sites excluding steroid dienone is 2. The Morgan fingerprint density at radius 2 is 2.25 bits per heavy atom. The van der Waals surface area contributed by atoms with E-state index in [0.717, 1.165) is 25.5 Å². The van der Waals surface area contributed by atoms with Gasteiger partial charge in [0, 0.05) is 12.6 Å². The van der Waals surface area contributed by atoms with E-state index in [1.807, 2.05) is 0 Å². The second-order valence-electron chi connectivity index (χ2n) is 2.36. The van der Waals surface area contributed by atoms with Crippen LogP contribution in [0.3, 0.4) is 0 Å². The second-order valence-corrected chi connectivity index (χ2v) is 2.36. The van der Waals surface area contributed by atoms with E-state index in [-0.39, 0.29) is 0 Å². The molecule has 0 aromatic rings. The number of carboxylic acid groups (broad SMARTS) is 1. The van der Waals surface area contributed by atoms with Crippen molar-refractivity contribution < 1.29 is 9.90 Å². The number of aliphatic carboxylic acids is 1. The second kappa shape index (κ2) is 7.85. The van der Waals surface area contributed by atoms with Crippen molar-refractivity contribution in [2.45, 2.75) is 19.8 Å². The average Bonchev–Trinajstić information content (AvgIpc) is 2.02. The van der Waals surface area contributed by atoms with Gasteiger partial charge in [-0.05, 0) is 18.7 Å². The number of nitrogens with one attached hydrogen (secondary N) is 1. The SMILES string of the molecule is CCCCNC=CC=CC(=O)O. The molecular formula is C9H15NO2. The quantitative estimate of drug-likeness (QED) is 0.360. The summed E-state index contributed by atoms with van der Waals surface area (Å²) in [6.45, 7) is 3.06. The van der Waals surface area contributed by atoms with Crippen molar-refractivity contribution in [1.29, 1.82) is 0 Å². The van der Waals surface area contributed by atoms with E-state index >= 15 is 0 Å². The lowest BCUT2D eigenvalue weighted by molar-refractivity contribution is -0.131. The highest BCUT2D eigenvalue weighted by Gasteiger charge is 1.80. The van der Waals surface area contributed by atoms with Crippen LogP contribution in [0.2, 0.25) is 0 Å². The molecule has 2 N–H and O–H groups in total. The molecule has 0 aromatic heterocycles. The van der Waals surface area contributed by atoms with Crippen LogP contribution in [-0.4, -0.2) is 17.6 Å². The van der Waals surface area contributed by atoms with E-state index in [1.165, 1.54) is 6.08 Å². The summed E-state index contributed by atoms with van der Waals surface area (Å²) in [5.41, 5.74) is 0. The minimum absolute atomic E-state index is 0.923. The maximum Gasteiger partial charge on any atom is 0.328 e. The zero-order chi connectivity index (χ0) is 9.23. The molecule has 0 radical (unpaired) electrons. The Balaban J connectivity index is 3.31. The van der Waals surface area contributed by atoms with Gasteiger partial charge in [-0.2, -0.15) is 0 Å². The molecule has 0 bridgehead atoms. The molecule has 0 aromatic carbocycles. The van der Waals surface area contributed by atoms with Gasteiger partial charge in [-0.3, -0.25) is 0 Å². The molecule has 0 aliphatic heterocycles. The molecule has 0 aliphatic carbocycles. The smallest absolute Gasteiger partial charge is 0.328 e. The molecule has 0 aliphatic rings. The summed E-state index contributed by atoms with van der Waals surface area (Å²) in [6, 6.07) is 0. The first-order valence-corrected chi connectivity index (χ1v) is 4.07. The van der Waals surface area contributed by atoms with Crippen LogP contribution in [0.5, 0.6) is 0 Å². The molecule has 0 saturated heterocycles. The van der Waals surface area contributed by atoms with Gasteiger partial charge in [-0.25, -0.2) is 4.79 Å². The minimum atomic E-state index is -0.923. The van der Waals surface area contributed by atoms with Crippen molar-refractivity contribution in [3.05, 3.63) is 24.4 Å². The third-order valence-electron chi connectivity index (χ3n) is 1.24. The van der Waals surface area contributed by atoms with E-state index in [2.05, 4.69) is 12.2 Å². The van der Waals surface area contributed by atoms with Crippen LogP contribution in [0.25, 0.3) is 0 Å². The molecule has 0 saturated carbocycles. The van der Waals surface area contributed by atoms with E-state index < -0.39 is 5.97 Å². The number of hydrogen-bond acceptors (Lipinski definition) is 2. The highest BCUT2D eigenvalue weighted by Crippen LogP contribution is 1.82. The third-order valence-corrected chi connectivity index (χ3v) is 1.24. The zero-order valence-electron chi connectivity index (χ0n) is 7.29. The van der Waals surface area contributed by atoms with Crippen LogP contribution in [0.15, 0.2) is 24.4 Å². The molecule has 12 heavy (non-hydrogen) atoms. The maximum atomic E-state index is 9.99. The van der Waals surface area contributed by atoms with Crippen molar-refractivity contribution in [2.75, 3.05) is 6.54 Å². The van der Waals surface area contributed by atoms with E-state index in [9.17, 15) is 4.79 Å². The molecule has 3 heteroatoms. The summed E-state index contributed by atoms with van der Waals surface area (Å²) in [5.74, 6) is -0.923. The number of rotatable bonds is 6. The molecule has 0 rings (SSSR count). The molecule has 68 valence electrons. The number of carboxylic acids is 1. The van der Waals surface area contributed by atoms with Crippen LogP contribution < -0.4 is 5.32 Å². The number of unbranched alkanes of at least 4 members (excludes halogenated alkanes) is 1. The van der Waals surface area contributed by atoms with Gasteiger partial charge in [0.25, 0.3) is 0 Å². The van der Waals surface area contributed by atoms with Crippen LogP contribution in [0.1, 0.15) is 19.8 Å². The largest absolute Gasteiger partial charge is 0.478 e. The summed E-state index contributed by atoms with van der Waals surface area (Å²) < 4.78 is 0. The molecule has 0 atom stereocenters. The van der Waals surface area contributed by atoms with Crippen LogP contribution >= 0.6 is 0 Å². The molecule has 0 unspecified atom stereocenters. The van der Waals surface area contributed by atoms with E-state index in [4.69, 9.17) is 5.11 Å². The van der Waals surface area contributed by atoms with Crippen LogP contribution in [-0.2, 0) is 4.79 Å². The van der Waals surface area contributed by atoms with Crippen molar-refractivity contribution >= 4 is 5.97 Å². The topological polar surface area (TPSA) is 49.3 Å². The normalized spacial score (nSPS) is 11.1. The lowest BCUT2D eigenvalue weighted by Crippen LogP contribution is -2.05. The first kappa shape index (κ1) is 10.8. The Morgan fingerprint density at radius 3 is 2.83 bits per heavy atom. The fourth-order valence-corrected chi connectivity index (χ4v) is 0.624. The first-order valence-electron chi connectivity index (χ1n) is 4.07. The van der Waals surface area contributed by atoms with Gasteiger partial charge >= 0.3 is 5.97 Å². The molecule has 3 nitrogen and oxygen atoms in total. The van der Waals surface area contributed by atoms with Gasteiger partial charge < -0.3 is 10.4 Å². The molecule has 0 fully saturated rings.